The zero-order valence-corrected chi connectivity index (χ0v) is 11.9. The number of aromatic amines is 1. The molecule has 0 radical (unpaired) electrons. The Bertz CT molecular complexity index is 637. The lowest BCUT2D eigenvalue weighted by Crippen LogP contribution is -2.29. The third-order valence-electron chi connectivity index (χ3n) is 3.02. The van der Waals surface area contributed by atoms with E-state index in [1.54, 1.807) is 18.0 Å². The lowest BCUT2D eigenvalue weighted by atomic mass is 10.2. The van der Waals surface area contributed by atoms with E-state index >= 15 is 0 Å². The number of aromatic nitrogens is 1. The summed E-state index contributed by atoms with van der Waals surface area (Å²) >= 11 is 0. The highest BCUT2D eigenvalue weighted by molar-refractivity contribution is 5.93. The summed E-state index contributed by atoms with van der Waals surface area (Å²) in [7, 11) is 1.71. The van der Waals surface area contributed by atoms with Gasteiger partial charge in [0.25, 0.3) is 5.91 Å². The maximum absolute atomic E-state index is 12.1. The molecule has 5 heteroatoms. The number of carbonyl (C=O) groups excluding carboxylic acids is 1. The Kier molecular flexibility index (Phi) is 5.15. The molecule has 0 bridgehead atoms. The predicted octanol–water partition coefficient (Wildman–Crippen LogP) is 1.92. The number of pyridine rings is 1. The van der Waals surface area contributed by atoms with E-state index < -0.39 is 0 Å². The van der Waals surface area contributed by atoms with E-state index in [1.165, 1.54) is 12.3 Å². The summed E-state index contributed by atoms with van der Waals surface area (Å²) in [6.07, 6.45) is 2.20. The van der Waals surface area contributed by atoms with E-state index in [-0.39, 0.29) is 11.5 Å². The number of H-pyrrole nitrogens is 1. The molecule has 2 aromatic rings. The Morgan fingerprint density at radius 1 is 1.24 bits per heavy atom. The summed E-state index contributed by atoms with van der Waals surface area (Å²) in [4.78, 5) is 27.4. The lowest BCUT2D eigenvalue weighted by Gasteiger charge is -2.17. The van der Waals surface area contributed by atoms with Gasteiger partial charge in [-0.2, -0.15) is 0 Å². The van der Waals surface area contributed by atoms with Crippen molar-refractivity contribution in [3.05, 3.63) is 64.6 Å². The van der Waals surface area contributed by atoms with E-state index in [2.05, 4.69) is 4.98 Å². The highest BCUT2D eigenvalue weighted by Crippen LogP contribution is 2.08. The first-order valence-corrected chi connectivity index (χ1v) is 6.79. The standard InChI is InChI=1S/C16H18N2O3/c1-18(16(20)13-8-9-17-15(19)12-13)10-5-11-21-14-6-3-2-4-7-14/h2-4,6-9,12H,5,10-11H2,1H3,(H,17,19). The third kappa shape index (κ3) is 4.49. The molecule has 1 aromatic carbocycles. The minimum atomic E-state index is -0.276. The molecule has 0 unspecified atom stereocenters. The molecule has 0 fully saturated rings. The summed E-state index contributed by atoms with van der Waals surface area (Å²) in [6, 6.07) is 12.5. The van der Waals surface area contributed by atoms with Gasteiger partial charge in [0.15, 0.2) is 0 Å². The van der Waals surface area contributed by atoms with Crippen LogP contribution in [0.1, 0.15) is 16.8 Å². The molecule has 110 valence electrons. The molecule has 5 nitrogen and oxygen atoms in total. The SMILES string of the molecule is CN(CCCOc1ccccc1)C(=O)c1cc[nH]c(=O)c1. The van der Waals surface area contributed by atoms with Crippen molar-refractivity contribution in [1.82, 2.24) is 9.88 Å². The van der Waals surface area contributed by atoms with Crippen molar-refractivity contribution in [2.75, 3.05) is 20.2 Å². The highest BCUT2D eigenvalue weighted by atomic mass is 16.5. The molecule has 2 rings (SSSR count). The Balaban J connectivity index is 1.78. The second-order valence-corrected chi connectivity index (χ2v) is 4.68. The Labute approximate surface area is 123 Å². The number of para-hydroxylation sites is 1. The number of nitrogens with zero attached hydrogens (tertiary/aromatic N) is 1. The van der Waals surface area contributed by atoms with Gasteiger partial charge in [0.2, 0.25) is 5.56 Å². The Morgan fingerprint density at radius 3 is 2.71 bits per heavy atom. The van der Waals surface area contributed by atoms with Gasteiger partial charge in [-0.1, -0.05) is 18.2 Å². The van der Waals surface area contributed by atoms with Crippen molar-refractivity contribution in [2.24, 2.45) is 0 Å². The van der Waals surface area contributed by atoms with Crippen molar-refractivity contribution in [2.45, 2.75) is 6.42 Å². The summed E-state index contributed by atoms with van der Waals surface area (Å²) in [5.74, 6) is 0.655. The molecule has 0 saturated carbocycles. The number of hydrogen-bond acceptors (Lipinski definition) is 3. The van der Waals surface area contributed by atoms with Crippen LogP contribution in [0.25, 0.3) is 0 Å². The van der Waals surface area contributed by atoms with Crippen LogP contribution < -0.4 is 10.3 Å². The second kappa shape index (κ2) is 7.28. The van der Waals surface area contributed by atoms with Crippen molar-refractivity contribution < 1.29 is 9.53 Å². The van der Waals surface area contributed by atoms with Gasteiger partial charge in [0.05, 0.1) is 6.61 Å². The molecule has 21 heavy (non-hydrogen) atoms. The van der Waals surface area contributed by atoms with E-state index in [1.807, 2.05) is 30.3 Å². The first kappa shape index (κ1) is 14.8. The molecule has 0 saturated heterocycles. The first-order valence-electron chi connectivity index (χ1n) is 6.79. The fourth-order valence-electron chi connectivity index (χ4n) is 1.91. The van der Waals surface area contributed by atoms with Crippen LogP contribution >= 0.6 is 0 Å². The predicted molar refractivity (Wildman–Crippen MR) is 80.6 cm³/mol. The van der Waals surface area contributed by atoms with Crippen LogP contribution in [0.3, 0.4) is 0 Å². The van der Waals surface area contributed by atoms with Crippen LogP contribution in [0, 0.1) is 0 Å². The molecule has 0 aliphatic heterocycles. The molecule has 1 amide bonds. The molecule has 0 aliphatic carbocycles. The fraction of sp³-hybridized carbons (Fsp3) is 0.250. The van der Waals surface area contributed by atoms with Crippen LogP contribution in [0.4, 0.5) is 0 Å². The van der Waals surface area contributed by atoms with Crippen molar-refractivity contribution >= 4 is 5.91 Å². The highest BCUT2D eigenvalue weighted by Gasteiger charge is 2.11. The number of ether oxygens (including phenoxy) is 1. The van der Waals surface area contributed by atoms with Crippen LogP contribution in [0.2, 0.25) is 0 Å². The molecule has 1 aromatic heterocycles. The molecular formula is C16H18N2O3. The second-order valence-electron chi connectivity index (χ2n) is 4.68. The van der Waals surface area contributed by atoms with Gasteiger partial charge >= 0.3 is 0 Å². The van der Waals surface area contributed by atoms with E-state index in [0.29, 0.717) is 18.7 Å². The third-order valence-corrected chi connectivity index (χ3v) is 3.02. The summed E-state index contributed by atoms with van der Waals surface area (Å²) in [5, 5.41) is 0. The molecular weight excluding hydrogens is 268 g/mol. The Morgan fingerprint density at radius 2 is 2.00 bits per heavy atom. The maximum Gasteiger partial charge on any atom is 0.253 e. The van der Waals surface area contributed by atoms with Gasteiger partial charge < -0.3 is 14.6 Å². The van der Waals surface area contributed by atoms with Crippen LogP contribution in [-0.2, 0) is 0 Å². The molecule has 0 atom stereocenters. The lowest BCUT2D eigenvalue weighted by molar-refractivity contribution is 0.0787. The summed E-state index contributed by atoms with van der Waals surface area (Å²) < 4.78 is 5.57. The number of amides is 1. The van der Waals surface area contributed by atoms with Gasteiger partial charge in [-0.15, -0.1) is 0 Å². The summed E-state index contributed by atoms with van der Waals surface area (Å²) in [5.41, 5.74) is 0.117. The normalized spacial score (nSPS) is 10.1. The topological polar surface area (TPSA) is 62.4 Å². The quantitative estimate of drug-likeness (QED) is 0.825. The molecule has 1 N–H and O–H groups in total. The van der Waals surface area contributed by atoms with E-state index in [0.717, 1.165) is 12.2 Å². The molecule has 0 spiro atoms. The number of carbonyl (C=O) groups is 1. The molecule has 0 aliphatic rings. The zero-order chi connectivity index (χ0) is 15.1. The van der Waals surface area contributed by atoms with Gasteiger partial charge in [-0.05, 0) is 24.6 Å². The van der Waals surface area contributed by atoms with Crippen LogP contribution in [-0.4, -0.2) is 36.0 Å². The summed E-state index contributed by atoms with van der Waals surface area (Å²) in [6.45, 7) is 1.11. The minimum absolute atomic E-state index is 0.166. The van der Waals surface area contributed by atoms with Crippen LogP contribution in [0.5, 0.6) is 5.75 Å². The molecule has 1 heterocycles. The monoisotopic (exact) mass is 286 g/mol. The maximum atomic E-state index is 12.1. The zero-order valence-electron chi connectivity index (χ0n) is 11.9. The van der Waals surface area contributed by atoms with Crippen LogP contribution in [0.15, 0.2) is 53.5 Å². The van der Waals surface area contributed by atoms with Crippen molar-refractivity contribution in [3.8, 4) is 5.75 Å². The largest absolute Gasteiger partial charge is 0.494 e. The number of nitrogens with one attached hydrogen (secondary N) is 1. The smallest absolute Gasteiger partial charge is 0.253 e. The minimum Gasteiger partial charge on any atom is -0.494 e. The van der Waals surface area contributed by atoms with Gasteiger partial charge in [-0.3, -0.25) is 9.59 Å². The van der Waals surface area contributed by atoms with Gasteiger partial charge in [0, 0.05) is 31.4 Å². The number of benzene rings is 1. The van der Waals surface area contributed by atoms with Gasteiger partial charge in [-0.25, -0.2) is 0 Å². The van der Waals surface area contributed by atoms with E-state index in [4.69, 9.17) is 4.74 Å². The average Bonchev–Trinajstić information content (AvgIpc) is 2.51. The van der Waals surface area contributed by atoms with Crippen molar-refractivity contribution in [3.63, 3.8) is 0 Å². The first-order chi connectivity index (χ1) is 10.2. The fourth-order valence-corrected chi connectivity index (χ4v) is 1.91. The Hall–Kier alpha value is -2.56. The average molecular weight is 286 g/mol. The van der Waals surface area contributed by atoms with Gasteiger partial charge in [0.1, 0.15) is 5.75 Å². The van der Waals surface area contributed by atoms with E-state index in [9.17, 15) is 9.59 Å². The number of rotatable bonds is 6. The van der Waals surface area contributed by atoms with Crippen molar-refractivity contribution in [1.29, 1.82) is 0 Å². The number of hydrogen-bond donors (Lipinski definition) is 1.